The van der Waals surface area contributed by atoms with Gasteiger partial charge in [-0.1, -0.05) is 18.2 Å². The number of ether oxygens (including phenoxy) is 2. The lowest BCUT2D eigenvalue weighted by Crippen LogP contribution is -2.25. The number of carbonyl (C=O) groups is 2. The standard InChI is InChI=1S/C26H33NO4/c1-25(2,3)30-22-10-9-11-23(31-26(4,5)6)20(22)16-17-21(28)18-12-14-19(15-13-18)24(29)27(7)8/h9-17H,1-8H3/b17-16+. The van der Waals surface area contributed by atoms with Crippen LogP contribution in [-0.2, 0) is 0 Å². The van der Waals surface area contributed by atoms with Crippen molar-refractivity contribution in [1.29, 1.82) is 0 Å². The number of ketones is 1. The zero-order valence-electron chi connectivity index (χ0n) is 19.8. The lowest BCUT2D eigenvalue weighted by Gasteiger charge is -2.26. The minimum absolute atomic E-state index is 0.105. The van der Waals surface area contributed by atoms with E-state index in [-0.39, 0.29) is 11.7 Å². The molecule has 0 N–H and O–H groups in total. The van der Waals surface area contributed by atoms with E-state index in [1.165, 1.54) is 11.0 Å². The first-order valence-electron chi connectivity index (χ1n) is 10.3. The Labute approximate surface area is 185 Å². The Morgan fingerprint density at radius 3 is 1.65 bits per heavy atom. The average molecular weight is 424 g/mol. The molecule has 0 fully saturated rings. The number of nitrogens with zero attached hydrogens (tertiary/aromatic N) is 1. The molecule has 1 amide bonds. The van der Waals surface area contributed by atoms with E-state index < -0.39 is 11.2 Å². The van der Waals surface area contributed by atoms with Crippen LogP contribution in [0.2, 0.25) is 0 Å². The summed E-state index contributed by atoms with van der Waals surface area (Å²) in [7, 11) is 3.39. The number of carbonyl (C=O) groups excluding carboxylic acids is 2. The first-order chi connectivity index (χ1) is 14.3. The third-order valence-electron chi connectivity index (χ3n) is 4.08. The van der Waals surface area contributed by atoms with Crippen molar-refractivity contribution in [1.82, 2.24) is 4.90 Å². The molecule has 0 saturated carbocycles. The number of rotatable bonds is 6. The van der Waals surface area contributed by atoms with Crippen molar-refractivity contribution >= 4 is 17.8 Å². The van der Waals surface area contributed by atoms with Gasteiger partial charge in [-0.05, 0) is 78.0 Å². The van der Waals surface area contributed by atoms with Gasteiger partial charge in [-0.25, -0.2) is 0 Å². The van der Waals surface area contributed by atoms with Crippen LogP contribution in [0.5, 0.6) is 11.5 Å². The summed E-state index contributed by atoms with van der Waals surface area (Å²) in [6.45, 7) is 11.8. The van der Waals surface area contributed by atoms with Gasteiger partial charge in [-0.15, -0.1) is 0 Å². The second kappa shape index (κ2) is 9.38. The Hall–Kier alpha value is -3.08. The van der Waals surface area contributed by atoms with E-state index in [4.69, 9.17) is 9.47 Å². The van der Waals surface area contributed by atoms with Crippen molar-refractivity contribution in [3.05, 3.63) is 65.2 Å². The third-order valence-corrected chi connectivity index (χ3v) is 4.08. The van der Waals surface area contributed by atoms with Crippen LogP contribution in [-0.4, -0.2) is 41.9 Å². The van der Waals surface area contributed by atoms with Gasteiger partial charge in [0.1, 0.15) is 22.7 Å². The molecule has 2 aromatic carbocycles. The van der Waals surface area contributed by atoms with Gasteiger partial charge in [0.05, 0.1) is 5.56 Å². The van der Waals surface area contributed by atoms with Gasteiger partial charge in [0.2, 0.25) is 0 Å². The summed E-state index contributed by atoms with van der Waals surface area (Å²) in [5.41, 5.74) is 0.943. The summed E-state index contributed by atoms with van der Waals surface area (Å²) in [4.78, 5) is 26.3. The van der Waals surface area contributed by atoms with Gasteiger partial charge in [-0.2, -0.15) is 0 Å². The van der Waals surface area contributed by atoms with Crippen LogP contribution in [0.4, 0.5) is 0 Å². The fourth-order valence-corrected chi connectivity index (χ4v) is 2.82. The highest BCUT2D eigenvalue weighted by atomic mass is 16.5. The maximum atomic E-state index is 12.8. The van der Waals surface area contributed by atoms with Crippen LogP contribution < -0.4 is 9.47 Å². The lowest BCUT2D eigenvalue weighted by molar-refractivity contribution is 0.0827. The van der Waals surface area contributed by atoms with Crippen molar-refractivity contribution in [2.75, 3.05) is 14.1 Å². The molecule has 0 radical (unpaired) electrons. The average Bonchev–Trinajstić information content (AvgIpc) is 2.64. The smallest absolute Gasteiger partial charge is 0.253 e. The fourth-order valence-electron chi connectivity index (χ4n) is 2.82. The van der Waals surface area contributed by atoms with Crippen molar-refractivity contribution in [3.63, 3.8) is 0 Å². The van der Waals surface area contributed by atoms with Crippen molar-refractivity contribution in [2.24, 2.45) is 0 Å². The molecule has 2 aromatic rings. The number of hydrogen-bond acceptors (Lipinski definition) is 4. The summed E-state index contributed by atoms with van der Waals surface area (Å²) in [6, 6.07) is 12.3. The predicted molar refractivity (Wildman–Crippen MR) is 125 cm³/mol. The highest BCUT2D eigenvalue weighted by Crippen LogP contribution is 2.34. The van der Waals surface area contributed by atoms with Crippen LogP contribution in [0, 0.1) is 0 Å². The topological polar surface area (TPSA) is 55.8 Å². The molecule has 0 bridgehead atoms. The van der Waals surface area contributed by atoms with Crippen LogP contribution in [0.1, 0.15) is 67.8 Å². The van der Waals surface area contributed by atoms with Gasteiger partial charge in [0.15, 0.2) is 5.78 Å². The summed E-state index contributed by atoms with van der Waals surface area (Å²) in [6.07, 6.45) is 3.23. The number of hydrogen-bond donors (Lipinski definition) is 0. The molecule has 0 aromatic heterocycles. The normalized spacial score (nSPS) is 12.0. The van der Waals surface area contributed by atoms with Crippen molar-refractivity contribution in [3.8, 4) is 11.5 Å². The van der Waals surface area contributed by atoms with Gasteiger partial charge >= 0.3 is 0 Å². The molecule has 0 saturated heterocycles. The molecule has 5 heteroatoms. The van der Waals surface area contributed by atoms with E-state index in [0.29, 0.717) is 28.2 Å². The Morgan fingerprint density at radius 2 is 1.23 bits per heavy atom. The van der Waals surface area contributed by atoms with Crippen LogP contribution >= 0.6 is 0 Å². The van der Waals surface area contributed by atoms with E-state index in [1.807, 2.05) is 59.7 Å². The second-order valence-corrected chi connectivity index (χ2v) is 9.57. The highest BCUT2D eigenvalue weighted by molar-refractivity contribution is 6.07. The monoisotopic (exact) mass is 423 g/mol. The first kappa shape index (κ1) is 24.2. The molecular formula is C26H33NO4. The van der Waals surface area contributed by atoms with E-state index in [9.17, 15) is 9.59 Å². The Balaban J connectivity index is 2.36. The van der Waals surface area contributed by atoms with Gasteiger partial charge in [-0.3, -0.25) is 9.59 Å². The van der Waals surface area contributed by atoms with Crippen LogP contribution in [0.3, 0.4) is 0 Å². The van der Waals surface area contributed by atoms with Gasteiger partial charge in [0, 0.05) is 25.2 Å². The SMILES string of the molecule is CN(C)C(=O)c1ccc(C(=O)/C=C/c2c(OC(C)(C)C)cccc2OC(C)(C)C)cc1. The molecule has 166 valence electrons. The second-order valence-electron chi connectivity index (χ2n) is 9.57. The molecule has 0 unspecified atom stereocenters. The van der Waals surface area contributed by atoms with E-state index in [1.54, 1.807) is 44.4 Å². The fraction of sp³-hybridized carbons (Fsp3) is 0.385. The predicted octanol–water partition coefficient (Wildman–Crippen LogP) is 5.64. The quantitative estimate of drug-likeness (QED) is 0.446. The summed E-state index contributed by atoms with van der Waals surface area (Å²) in [5, 5.41) is 0. The molecule has 31 heavy (non-hydrogen) atoms. The molecule has 0 atom stereocenters. The molecule has 0 aliphatic rings. The number of amides is 1. The Morgan fingerprint density at radius 1 is 0.774 bits per heavy atom. The minimum Gasteiger partial charge on any atom is -0.487 e. The first-order valence-corrected chi connectivity index (χ1v) is 10.3. The summed E-state index contributed by atoms with van der Waals surface area (Å²) >= 11 is 0. The molecule has 2 rings (SSSR count). The molecule has 5 nitrogen and oxygen atoms in total. The largest absolute Gasteiger partial charge is 0.487 e. The summed E-state index contributed by atoms with van der Waals surface area (Å²) in [5.74, 6) is 1.01. The Kier molecular flexibility index (Phi) is 7.32. The zero-order chi connectivity index (χ0) is 23.4. The van der Waals surface area contributed by atoms with E-state index >= 15 is 0 Å². The van der Waals surface area contributed by atoms with Crippen LogP contribution in [0.25, 0.3) is 6.08 Å². The number of allylic oxidation sites excluding steroid dienone is 1. The number of benzene rings is 2. The van der Waals surface area contributed by atoms with Crippen molar-refractivity contribution in [2.45, 2.75) is 52.7 Å². The van der Waals surface area contributed by atoms with Crippen LogP contribution in [0.15, 0.2) is 48.5 Å². The van der Waals surface area contributed by atoms with E-state index in [2.05, 4.69) is 0 Å². The molecule has 0 heterocycles. The molecule has 0 spiro atoms. The third kappa shape index (κ3) is 7.28. The van der Waals surface area contributed by atoms with Crippen molar-refractivity contribution < 1.29 is 19.1 Å². The molecular weight excluding hydrogens is 390 g/mol. The molecule has 0 aliphatic heterocycles. The van der Waals surface area contributed by atoms with E-state index in [0.717, 1.165) is 0 Å². The maximum absolute atomic E-state index is 12.8. The van der Waals surface area contributed by atoms with Gasteiger partial charge < -0.3 is 14.4 Å². The maximum Gasteiger partial charge on any atom is 0.253 e. The Bertz CT molecular complexity index is 924. The zero-order valence-corrected chi connectivity index (χ0v) is 19.8. The molecule has 0 aliphatic carbocycles. The highest BCUT2D eigenvalue weighted by Gasteiger charge is 2.20. The minimum atomic E-state index is -0.401. The van der Waals surface area contributed by atoms with Gasteiger partial charge in [0.25, 0.3) is 5.91 Å². The lowest BCUT2D eigenvalue weighted by atomic mass is 10.0. The summed E-state index contributed by atoms with van der Waals surface area (Å²) < 4.78 is 12.2.